The van der Waals surface area contributed by atoms with E-state index in [0.717, 1.165) is 33.4 Å². The van der Waals surface area contributed by atoms with Gasteiger partial charge in [0.15, 0.2) is 0 Å². The fourth-order valence-corrected chi connectivity index (χ4v) is 7.02. The van der Waals surface area contributed by atoms with E-state index in [1.165, 1.54) is 4.90 Å². The highest BCUT2D eigenvalue weighted by molar-refractivity contribution is 6.33. The molecule has 4 aliphatic rings. The van der Waals surface area contributed by atoms with Crippen LogP contribution in [0.2, 0.25) is 0 Å². The third-order valence-electron chi connectivity index (χ3n) is 7.74. The Morgan fingerprint density at radius 3 is 1.88 bits per heavy atom. The number of amides is 2. The number of hydrogen-bond donors (Lipinski definition) is 0. The molecular weight excluding hydrogens is 442 g/mol. The van der Waals surface area contributed by atoms with Crippen LogP contribution in [0.4, 0.5) is 5.69 Å². The van der Waals surface area contributed by atoms with Gasteiger partial charge in [-0.15, -0.1) is 11.6 Å². The normalized spacial score (nSPS) is 26.3. The molecule has 0 aromatic heterocycles. The van der Waals surface area contributed by atoms with E-state index in [0.29, 0.717) is 5.69 Å². The van der Waals surface area contributed by atoms with Crippen LogP contribution < -0.4 is 4.90 Å². The summed E-state index contributed by atoms with van der Waals surface area (Å²) in [4.78, 5) is 28.6. The lowest BCUT2D eigenvalue weighted by Gasteiger charge is -2.50. The molecule has 2 amide bonds. The minimum Gasteiger partial charge on any atom is -0.274 e. The molecule has 4 aromatic carbocycles. The van der Waals surface area contributed by atoms with E-state index in [1.807, 2.05) is 91.0 Å². The highest BCUT2D eigenvalue weighted by Gasteiger charge is 2.68. The van der Waals surface area contributed by atoms with Crippen molar-refractivity contribution in [2.75, 3.05) is 4.90 Å². The van der Waals surface area contributed by atoms with Crippen LogP contribution in [0.15, 0.2) is 103 Å². The molecule has 0 radical (unpaired) electrons. The quantitative estimate of drug-likeness (QED) is 0.267. The summed E-state index contributed by atoms with van der Waals surface area (Å²) in [6.45, 7) is 0. The van der Waals surface area contributed by atoms with Gasteiger partial charge < -0.3 is 0 Å². The van der Waals surface area contributed by atoms with E-state index in [-0.39, 0.29) is 17.7 Å². The summed E-state index contributed by atoms with van der Waals surface area (Å²) < 4.78 is 0. The largest absolute Gasteiger partial charge is 0.274 e. The van der Waals surface area contributed by atoms with Crippen molar-refractivity contribution in [3.63, 3.8) is 0 Å². The van der Waals surface area contributed by atoms with Crippen molar-refractivity contribution in [3.8, 4) is 11.1 Å². The maximum absolute atomic E-state index is 14.2. The Morgan fingerprint density at radius 2 is 1.21 bits per heavy atom. The van der Waals surface area contributed by atoms with Crippen LogP contribution in [0.3, 0.4) is 0 Å². The van der Waals surface area contributed by atoms with Crippen molar-refractivity contribution in [1.29, 1.82) is 0 Å². The fourth-order valence-electron chi connectivity index (χ4n) is 6.45. The number of alkyl halides is 1. The Bertz CT molecular complexity index is 1450. The lowest BCUT2D eigenvalue weighted by atomic mass is 9.54. The molecule has 1 heterocycles. The molecule has 0 spiro atoms. The fraction of sp³-hybridized carbons (Fsp3) is 0.133. The molecule has 8 rings (SSSR count). The first-order valence-corrected chi connectivity index (χ1v) is 11.9. The maximum Gasteiger partial charge on any atom is 0.240 e. The van der Waals surface area contributed by atoms with Crippen LogP contribution in [0, 0.1) is 11.8 Å². The van der Waals surface area contributed by atoms with Gasteiger partial charge in [-0.25, -0.2) is 4.90 Å². The minimum absolute atomic E-state index is 0.169. The molecule has 0 saturated carbocycles. The summed E-state index contributed by atoms with van der Waals surface area (Å²) in [5.74, 6) is -1.76. The molecule has 2 bridgehead atoms. The SMILES string of the molecule is O=C1[C@@H]2C3c4ccccc4C(Cl)(c4ccccc43)[C@@H]2C(=O)N1c1ccccc1-c1ccccc1. The number of benzene rings is 4. The van der Waals surface area contributed by atoms with Crippen LogP contribution in [-0.2, 0) is 14.5 Å². The van der Waals surface area contributed by atoms with Gasteiger partial charge in [-0.05, 0) is 33.9 Å². The number of anilines is 1. The van der Waals surface area contributed by atoms with E-state index in [2.05, 4.69) is 12.1 Å². The van der Waals surface area contributed by atoms with Gasteiger partial charge in [-0.3, -0.25) is 9.59 Å². The van der Waals surface area contributed by atoms with Gasteiger partial charge in [0.05, 0.1) is 17.5 Å². The second-order valence-electron chi connectivity index (χ2n) is 9.26. The molecule has 1 aliphatic heterocycles. The molecule has 3 nitrogen and oxygen atoms in total. The number of carbonyl (C=O) groups is 2. The van der Waals surface area contributed by atoms with E-state index in [9.17, 15) is 9.59 Å². The van der Waals surface area contributed by atoms with Gasteiger partial charge in [0, 0.05) is 11.5 Å². The van der Waals surface area contributed by atoms with Crippen LogP contribution >= 0.6 is 11.6 Å². The minimum atomic E-state index is -1.07. The van der Waals surface area contributed by atoms with Crippen molar-refractivity contribution in [3.05, 3.63) is 125 Å². The standard InChI is InChI=1S/C30H20ClNO2/c31-30-22-15-7-4-13-20(22)25(21-14-5-8-16-23(21)30)26-27(30)29(34)32(28(26)33)24-17-9-6-12-19(24)18-10-2-1-3-11-18/h1-17,25-27H/t25?,26-,27+,30?/m1/s1. The highest BCUT2D eigenvalue weighted by Crippen LogP contribution is 2.66. The zero-order valence-corrected chi connectivity index (χ0v) is 18.9. The number of nitrogens with zero attached hydrogens (tertiary/aromatic N) is 1. The predicted octanol–water partition coefficient (Wildman–Crippen LogP) is 6.10. The third kappa shape index (κ3) is 2.32. The second kappa shape index (κ2) is 6.91. The summed E-state index contributed by atoms with van der Waals surface area (Å²) in [5, 5.41) is 0. The summed E-state index contributed by atoms with van der Waals surface area (Å²) in [5.41, 5.74) is 6.43. The average Bonchev–Trinajstić information content (AvgIpc) is 3.16. The molecule has 4 aromatic rings. The van der Waals surface area contributed by atoms with Gasteiger partial charge in [-0.2, -0.15) is 0 Å². The van der Waals surface area contributed by atoms with Gasteiger partial charge >= 0.3 is 0 Å². The van der Waals surface area contributed by atoms with Gasteiger partial charge in [0.1, 0.15) is 4.87 Å². The summed E-state index contributed by atoms with van der Waals surface area (Å²) in [6, 6.07) is 33.5. The molecular formula is C30H20ClNO2. The Hall–Kier alpha value is -3.69. The number of para-hydroxylation sites is 1. The molecule has 0 N–H and O–H groups in total. The first-order chi connectivity index (χ1) is 16.6. The molecule has 0 unspecified atom stereocenters. The van der Waals surface area contributed by atoms with Crippen LogP contribution in [0.1, 0.15) is 28.2 Å². The van der Waals surface area contributed by atoms with E-state index >= 15 is 0 Å². The summed E-state index contributed by atoms with van der Waals surface area (Å²) >= 11 is 7.53. The molecule has 3 aliphatic carbocycles. The monoisotopic (exact) mass is 461 g/mol. The summed E-state index contributed by atoms with van der Waals surface area (Å²) in [6.07, 6.45) is 0. The third-order valence-corrected chi connectivity index (χ3v) is 8.39. The molecule has 2 atom stereocenters. The van der Waals surface area contributed by atoms with Crippen LogP contribution in [0.25, 0.3) is 11.1 Å². The Kier molecular flexibility index (Phi) is 4.01. The molecule has 1 saturated heterocycles. The maximum atomic E-state index is 14.2. The van der Waals surface area contributed by atoms with Crippen LogP contribution in [0.5, 0.6) is 0 Å². The predicted molar refractivity (Wildman–Crippen MR) is 133 cm³/mol. The van der Waals surface area contributed by atoms with Gasteiger partial charge in [0.25, 0.3) is 0 Å². The average molecular weight is 462 g/mol. The number of halogens is 1. The molecule has 34 heavy (non-hydrogen) atoms. The van der Waals surface area contributed by atoms with Crippen molar-refractivity contribution >= 4 is 29.1 Å². The number of carbonyl (C=O) groups excluding carboxylic acids is 2. The lowest BCUT2D eigenvalue weighted by Crippen LogP contribution is -2.50. The molecule has 4 heteroatoms. The number of imide groups is 1. The topological polar surface area (TPSA) is 37.4 Å². The van der Waals surface area contributed by atoms with Gasteiger partial charge in [-0.1, -0.05) is 97.1 Å². The zero-order valence-electron chi connectivity index (χ0n) is 18.2. The second-order valence-corrected chi connectivity index (χ2v) is 9.86. The van der Waals surface area contributed by atoms with Crippen molar-refractivity contribution in [1.82, 2.24) is 0 Å². The highest BCUT2D eigenvalue weighted by atomic mass is 35.5. The van der Waals surface area contributed by atoms with Crippen molar-refractivity contribution < 1.29 is 9.59 Å². The smallest absolute Gasteiger partial charge is 0.240 e. The number of hydrogen-bond acceptors (Lipinski definition) is 2. The first-order valence-electron chi connectivity index (χ1n) is 11.5. The van der Waals surface area contributed by atoms with E-state index < -0.39 is 16.7 Å². The zero-order chi connectivity index (χ0) is 23.0. The van der Waals surface area contributed by atoms with E-state index in [1.54, 1.807) is 0 Å². The molecule has 164 valence electrons. The Balaban J connectivity index is 1.46. The van der Waals surface area contributed by atoms with Gasteiger partial charge in [0.2, 0.25) is 11.8 Å². The number of rotatable bonds is 2. The van der Waals surface area contributed by atoms with Crippen molar-refractivity contribution in [2.24, 2.45) is 11.8 Å². The molecule has 1 fully saturated rings. The van der Waals surface area contributed by atoms with Crippen molar-refractivity contribution in [2.45, 2.75) is 10.8 Å². The lowest BCUT2D eigenvalue weighted by molar-refractivity contribution is -0.122. The Morgan fingerprint density at radius 1 is 0.647 bits per heavy atom. The first kappa shape index (κ1) is 19.7. The van der Waals surface area contributed by atoms with Crippen LogP contribution in [-0.4, -0.2) is 11.8 Å². The Labute approximate surface area is 202 Å². The van der Waals surface area contributed by atoms with E-state index in [4.69, 9.17) is 11.6 Å². The summed E-state index contributed by atoms with van der Waals surface area (Å²) in [7, 11) is 0.